The van der Waals surface area contributed by atoms with Gasteiger partial charge < -0.3 is 20.1 Å². The summed E-state index contributed by atoms with van der Waals surface area (Å²) >= 11 is 0. The zero-order chi connectivity index (χ0) is 12.1. The number of rotatable bonds is 4. The molecule has 2 fully saturated rings. The van der Waals surface area contributed by atoms with E-state index in [2.05, 4.69) is 24.5 Å². The van der Waals surface area contributed by atoms with Crippen LogP contribution in [0, 0.1) is 0 Å². The van der Waals surface area contributed by atoms with Crippen molar-refractivity contribution in [2.75, 3.05) is 26.4 Å². The Hall–Kier alpha value is -0.160. The SMILES string of the molecule is CC(CC1COCCN1)NC1CCOC(C)C1. The fourth-order valence-corrected chi connectivity index (χ4v) is 2.82. The van der Waals surface area contributed by atoms with Crippen LogP contribution in [0.5, 0.6) is 0 Å². The smallest absolute Gasteiger partial charge is 0.0620 e. The molecule has 2 N–H and O–H groups in total. The lowest BCUT2D eigenvalue weighted by Gasteiger charge is -2.32. The van der Waals surface area contributed by atoms with Crippen LogP contribution < -0.4 is 10.6 Å². The minimum atomic E-state index is 0.407. The van der Waals surface area contributed by atoms with Crippen LogP contribution in [0.4, 0.5) is 0 Å². The van der Waals surface area contributed by atoms with Gasteiger partial charge in [-0.3, -0.25) is 0 Å². The Bertz CT molecular complexity index is 219. The molecular weight excluding hydrogens is 216 g/mol. The molecule has 0 aromatic rings. The summed E-state index contributed by atoms with van der Waals surface area (Å²) in [7, 11) is 0. The van der Waals surface area contributed by atoms with Crippen LogP contribution in [0.15, 0.2) is 0 Å². The molecule has 0 amide bonds. The number of nitrogens with one attached hydrogen (secondary N) is 2. The lowest BCUT2D eigenvalue weighted by molar-refractivity contribution is 0.0104. The van der Waals surface area contributed by atoms with E-state index in [1.165, 1.54) is 0 Å². The van der Waals surface area contributed by atoms with Crippen molar-refractivity contribution in [3.63, 3.8) is 0 Å². The van der Waals surface area contributed by atoms with E-state index in [0.717, 1.165) is 45.6 Å². The molecule has 4 unspecified atom stereocenters. The maximum Gasteiger partial charge on any atom is 0.0620 e. The summed E-state index contributed by atoms with van der Waals surface area (Å²) in [6.45, 7) is 8.04. The Morgan fingerprint density at radius 1 is 1.41 bits per heavy atom. The summed E-state index contributed by atoms with van der Waals surface area (Å²) in [5.41, 5.74) is 0. The first kappa shape index (κ1) is 13.3. The van der Waals surface area contributed by atoms with E-state index >= 15 is 0 Å². The van der Waals surface area contributed by atoms with E-state index in [9.17, 15) is 0 Å². The third-order valence-corrected chi connectivity index (χ3v) is 3.64. The molecular formula is C13H26N2O2. The molecule has 100 valence electrons. The highest BCUT2D eigenvalue weighted by molar-refractivity contribution is 4.81. The summed E-state index contributed by atoms with van der Waals surface area (Å²) < 4.78 is 11.0. The summed E-state index contributed by atoms with van der Waals surface area (Å²) in [6.07, 6.45) is 3.83. The standard InChI is InChI=1S/C13H26N2O2/c1-10(7-13-9-16-6-4-14-13)15-12-3-5-17-11(2)8-12/h10-15H,3-9H2,1-2H3. The Morgan fingerprint density at radius 2 is 2.29 bits per heavy atom. The van der Waals surface area contributed by atoms with Gasteiger partial charge >= 0.3 is 0 Å². The molecule has 0 aromatic heterocycles. The van der Waals surface area contributed by atoms with E-state index in [1.54, 1.807) is 0 Å². The van der Waals surface area contributed by atoms with Gasteiger partial charge in [0.1, 0.15) is 0 Å². The molecule has 0 spiro atoms. The molecule has 0 bridgehead atoms. The highest BCUT2D eigenvalue weighted by Gasteiger charge is 2.22. The van der Waals surface area contributed by atoms with Gasteiger partial charge in [-0.1, -0.05) is 0 Å². The van der Waals surface area contributed by atoms with Gasteiger partial charge in [-0.25, -0.2) is 0 Å². The zero-order valence-electron chi connectivity index (χ0n) is 11.1. The lowest BCUT2D eigenvalue weighted by atomic mass is 10.0. The molecule has 2 aliphatic rings. The highest BCUT2D eigenvalue weighted by atomic mass is 16.5. The van der Waals surface area contributed by atoms with Crippen LogP contribution in [0.1, 0.15) is 33.1 Å². The van der Waals surface area contributed by atoms with Gasteiger partial charge in [-0.05, 0) is 33.1 Å². The van der Waals surface area contributed by atoms with Crippen molar-refractivity contribution in [3.05, 3.63) is 0 Å². The average molecular weight is 242 g/mol. The normalized spacial score (nSPS) is 36.7. The van der Waals surface area contributed by atoms with Crippen LogP contribution >= 0.6 is 0 Å². The first-order valence-electron chi connectivity index (χ1n) is 6.93. The Kier molecular flexibility index (Phi) is 5.22. The van der Waals surface area contributed by atoms with Gasteiger partial charge in [0.25, 0.3) is 0 Å². The fraction of sp³-hybridized carbons (Fsp3) is 1.00. The molecule has 17 heavy (non-hydrogen) atoms. The fourth-order valence-electron chi connectivity index (χ4n) is 2.82. The summed E-state index contributed by atoms with van der Waals surface area (Å²) in [5.74, 6) is 0. The summed E-state index contributed by atoms with van der Waals surface area (Å²) in [5, 5.41) is 7.23. The van der Waals surface area contributed by atoms with Crippen molar-refractivity contribution < 1.29 is 9.47 Å². The number of morpholine rings is 1. The molecule has 2 saturated heterocycles. The lowest BCUT2D eigenvalue weighted by Crippen LogP contribution is -2.48. The molecule has 2 rings (SSSR count). The van der Waals surface area contributed by atoms with Gasteiger partial charge in [0, 0.05) is 31.3 Å². The maximum atomic E-state index is 5.57. The van der Waals surface area contributed by atoms with Gasteiger partial charge in [0.05, 0.1) is 19.3 Å². The topological polar surface area (TPSA) is 42.5 Å². The van der Waals surface area contributed by atoms with Crippen LogP contribution in [-0.4, -0.2) is 50.6 Å². The van der Waals surface area contributed by atoms with Crippen molar-refractivity contribution in [2.24, 2.45) is 0 Å². The van der Waals surface area contributed by atoms with Crippen molar-refractivity contribution in [1.29, 1.82) is 0 Å². The third-order valence-electron chi connectivity index (χ3n) is 3.64. The minimum Gasteiger partial charge on any atom is -0.379 e. The van der Waals surface area contributed by atoms with Crippen molar-refractivity contribution in [1.82, 2.24) is 10.6 Å². The molecule has 2 heterocycles. The molecule has 4 heteroatoms. The number of hydrogen-bond donors (Lipinski definition) is 2. The minimum absolute atomic E-state index is 0.407. The molecule has 4 atom stereocenters. The maximum absolute atomic E-state index is 5.57. The molecule has 0 aromatic carbocycles. The van der Waals surface area contributed by atoms with Crippen LogP contribution in [0.2, 0.25) is 0 Å². The highest BCUT2D eigenvalue weighted by Crippen LogP contribution is 2.14. The van der Waals surface area contributed by atoms with Crippen molar-refractivity contribution in [3.8, 4) is 0 Å². The van der Waals surface area contributed by atoms with E-state index in [4.69, 9.17) is 9.47 Å². The van der Waals surface area contributed by atoms with Crippen LogP contribution in [-0.2, 0) is 9.47 Å². The molecule has 0 saturated carbocycles. The predicted octanol–water partition coefficient (Wildman–Crippen LogP) is 0.911. The van der Waals surface area contributed by atoms with Crippen LogP contribution in [0.25, 0.3) is 0 Å². The molecule has 0 aliphatic carbocycles. The predicted molar refractivity (Wildman–Crippen MR) is 68.3 cm³/mol. The van der Waals surface area contributed by atoms with E-state index < -0.39 is 0 Å². The molecule has 0 radical (unpaired) electrons. The first-order valence-corrected chi connectivity index (χ1v) is 6.93. The molecule has 4 nitrogen and oxygen atoms in total. The van der Waals surface area contributed by atoms with Crippen molar-refractivity contribution in [2.45, 2.75) is 57.3 Å². The van der Waals surface area contributed by atoms with Crippen molar-refractivity contribution >= 4 is 0 Å². The number of ether oxygens (including phenoxy) is 2. The van der Waals surface area contributed by atoms with E-state index in [1.807, 2.05) is 0 Å². The zero-order valence-corrected chi connectivity index (χ0v) is 11.1. The second kappa shape index (κ2) is 6.69. The van der Waals surface area contributed by atoms with E-state index in [-0.39, 0.29) is 0 Å². The Morgan fingerprint density at radius 3 is 3.00 bits per heavy atom. The third kappa shape index (κ3) is 4.54. The molecule has 2 aliphatic heterocycles. The van der Waals surface area contributed by atoms with E-state index in [0.29, 0.717) is 24.2 Å². The quantitative estimate of drug-likeness (QED) is 0.769. The van der Waals surface area contributed by atoms with Gasteiger partial charge in [-0.2, -0.15) is 0 Å². The summed E-state index contributed by atoms with van der Waals surface area (Å²) in [6, 6.07) is 1.69. The average Bonchev–Trinajstić information content (AvgIpc) is 2.30. The van der Waals surface area contributed by atoms with Gasteiger partial charge in [-0.15, -0.1) is 0 Å². The second-order valence-electron chi connectivity index (χ2n) is 5.43. The summed E-state index contributed by atoms with van der Waals surface area (Å²) in [4.78, 5) is 0. The Labute approximate surface area is 104 Å². The number of hydrogen-bond acceptors (Lipinski definition) is 4. The van der Waals surface area contributed by atoms with Gasteiger partial charge in [0.15, 0.2) is 0 Å². The largest absolute Gasteiger partial charge is 0.379 e. The Balaban J connectivity index is 1.66. The van der Waals surface area contributed by atoms with Crippen LogP contribution in [0.3, 0.4) is 0 Å². The first-order chi connectivity index (χ1) is 8.24. The second-order valence-corrected chi connectivity index (χ2v) is 5.43. The monoisotopic (exact) mass is 242 g/mol. The van der Waals surface area contributed by atoms with Gasteiger partial charge in [0.2, 0.25) is 0 Å².